The van der Waals surface area contributed by atoms with Crippen molar-refractivity contribution >= 4 is 36.6 Å². The monoisotopic (exact) mass is 424 g/mol. The van der Waals surface area contributed by atoms with Crippen LogP contribution in [-0.4, -0.2) is 87.2 Å². The van der Waals surface area contributed by atoms with E-state index in [0.717, 1.165) is 65.4 Å². The Morgan fingerprint density at radius 2 is 2.00 bits per heavy atom. The number of carbonyl (C=O) groups excluding carboxylic acids is 2. The van der Waals surface area contributed by atoms with Crippen LogP contribution in [0.15, 0.2) is 0 Å². The molecule has 0 aromatic carbocycles. The fourth-order valence-electron chi connectivity index (χ4n) is 3.96. The van der Waals surface area contributed by atoms with Crippen molar-refractivity contribution in [2.75, 3.05) is 65.6 Å². The third kappa shape index (κ3) is 7.74. The Morgan fingerprint density at radius 3 is 2.70 bits per heavy atom. The molecule has 0 radical (unpaired) electrons. The highest BCUT2D eigenvalue weighted by Crippen LogP contribution is 2.18. The molecule has 27 heavy (non-hydrogen) atoms. The number of nitrogens with zero attached hydrogens (tertiary/aromatic N) is 2. The maximum absolute atomic E-state index is 12.4. The predicted octanol–water partition coefficient (Wildman–Crippen LogP) is 0.517. The summed E-state index contributed by atoms with van der Waals surface area (Å²) in [6.45, 7) is 8.48. The summed E-state index contributed by atoms with van der Waals surface area (Å²) in [5, 5.41) is 6.45. The number of nitrogens with one attached hydrogen (secondary N) is 2. The average molecular weight is 425 g/mol. The van der Waals surface area contributed by atoms with Crippen molar-refractivity contribution in [1.82, 2.24) is 20.4 Å². The highest BCUT2D eigenvalue weighted by Gasteiger charge is 2.34. The number of rotatable bonds is 7. The number of hydrogen-bond acceptors (Lipinski definition) is 5. The maximum Gasteiger partial charge on any atom is 0.225 e. The average Bonchev–Trinajstić information content (AvgIpc) is 3.02. The van der Waals surface area contributed by atoms with Gasteiger partial charge in [0.2, 0.25) is 11.8 Å². The third-order valence-corrected chi connectivity index (χ3v) is 5.63. The molecule has 3 aliphatic rings. The number of morpholine rings is 1. The molecule has 158 valence electrons. The first kappa shape index (κ1) is 24.4. The van der Waals surface area contributed by atoms with E-state index < -0.39 is 0 Å². The van der Waals surface area contributed by atoms with Crippen molar-refractivity contribution in [2.24, 2.45) is 11.8 Å². The molecule has 3 rings (SSSR count). The first-order valence-corrected chi connectivity index (χ1v) is 9.78. The summed E-state index contributed by atoms with van der Waals surface area (Å²) in [7, 11) is 0. The van der Waals surface area contributed by atoms with Crippen LogP contribution in [0.1, 0.15) is 25.7 Å². The fraction of sp³-hybridized carbons (Fsp3) is 0.889. The van der Waals surface area contributed by atoms with E-state index >= 15 is 0 Å². The number of hydrogen-bond donors (Lipinski definition) is 2. The van der Waals surface area contributed by atoms with Crippen molar-refractivity contribution in [2.45, 2.75) is 25.7 Å². The molecule has 9 heteroatoms. The largest absolute Gasteiger partial charge is 0.379 e. The fourth-order valence-corrected chi connectivity index (χ4v) is 3.96. The van der Waals surface area contributed by atoms with Crippen molar-refractivity contribution in [3.05, 3.63) is 0 Å². The Kier molecular flexibility index (Phi) is 11.6. The number of piperidine rings is 1. The Hall–Kier alpha value is -0.600. The topological polar surface area (TPSA) is 73.9 Å². The van der Waals surface area contributed by atoms with Gasteiger partial charge in [-0.3, -0.25) is 14.5 Å². The van der Waals surface area contributed by atoms with Gasteiger partial charge in [0.05, 0.1) is 19.1 Å². The van der Waals surface area contributed by atoms with Crippen LogP contribution < -0.4 is 10.6 Å². The molecule has 0 spiro atoms. The Balaban J connectivity index is 0.00000182. The lowest BCUT2D eigenvalue weighted by molar-refractivity contribution is -0.129. The minimum atomic E-state index is -0.179. The van der Waals surface area contributed by atoms with Gasteiger partial charge in [0.25, 0.3) is 0 Å². The number of ether oxygens (including phenoxy) is 1. The van der Waals surface area contributed by atoms with Gasteiger partial charge in [-0.2, -0.15) is 0 Å². The van der Waals surface area contributed by atoms with Gasteiger partial charge >= 0.3 is 0 Å². The van der Waals surface area contributed by atoms with Crippen molar-refractivity contribution in [3.8, 4) is 0 Å². The maximum atomic E-state index is 12.4. The van der Waals surface area contributed by atoms with Gasteiger partial charge in [-0.25, -0.2) is 0 Å². The van der Waals surface area contributed by atoms with Crippen LogP contribution in [0.3, 0.4) is 0 Å². The Bertz CT molecular complexity index is 458. The number of carbonyl (C=O) groups is 2. The van der Waals surface area contributed by atoms with Gasteiger partial charge in [-0.15, -0.1) is 24.8 Å². The second kappa shape index (κ2) is 12.8. The first-order valence-electron chi connectivity index (χ1n) is 9.78. The molecule has 3 aliphatic heterocycles. The first-order chi connectivity index (χ1) is 12.2. The zero-order valence-electron chi connectivity index (χ0n) is 16.0. The van der Waals surface area contributed by atoms with Crippen LogP contribution >= 0.6 is 24.8 Å². The van der Waals surface area contributed by atoms with E-state index in [2.05, 4.69) is 15.5 Å². The quantitative estimate of drug-likeness (QED) is 0.622. The van der Waals surface area contributed by atoms with E-state index in [0.29, 0.717) is 18.9 Å². The van der Waals surface area contributed by atoms with Gasteiger partial charge in [0.15, 0.2) is 0 Å². The number of amides is 2. The molecule has 3 heterocycles. The SMILES string of the molecule is Cl.Cl.O=C(NCCC1CCCNC1)C1CC(=O)N(CCN2CCOCC2)C1. The standard InChI is InChI=1S/C18H32N4O3.2ClH/c23-17-12-16(14-22(17)7-6-21-8-10-25-11-9-21)18(24)20-5-3-15-2-1-4-19-13-15;;/h15-16,19H,1-14H2,(H,20,24);2*1H. The van der Waals surface area contributed by atoms with E-state index in [1.807, 2.05) is 4.90 Å². The molecule has 0 aliphatic carbocycles. The molecule has 0 aromatic heterocycles. The predicted molar refractivity (Wildman–Crippen MR) is 110 cm³/mol. The van der Waals surface area contributed by atoms with Crippen LogP contribution in [0.2, 0.25) is 0 Å². The summed E-state index contributed by atoms with van der Waals surface area (Å²) in [6, 6.07) is 0. The van der Waals surface area contributed by atoms with E-state index in [4.69, 9.17) is 4.74 Å². The molecule has 0 bridgehead atoms. The van der Waals surface area contributed by atoms with Gasteiger partial charge in [0, 0.05) is 45.7 Å². The lowest BCUT2D eigenvalue weighted by Crippen LogP contribution is -2.42. The van der Waals surface area contributed by atoms with Gasteiger partial charge in [-0.05, 0) is 38.3 Å². The molecule has 7 nitrogen and oxygen atoms in total. The molecule has 0 aromatic rings. The van der Waals surface area contributed by atoms with Crippen LogP contribution in [-0.2, 0) is 14.3 Å². The van der Waals surface area contributed by atoms with Gasteiger partial charge in [0.1, 0.15) is 0 Å². The van der Waals surface area contributed by atoms with Crippen molar-refractivity contribution in [3.63, 3.8) is 0 Å². The second-order valence-electron chi connectivity index (χ2n) is 7.49. The van der Waals surface area contributed by atoms with Crippen LogP contribution in [0, 0.1) is 11.8 Å². The van der Waals surface area contributed by atoms with Crippen LogP contribution in [0.5, 0.6) is 0 Å². The molecule has 2 amide bonds. The molecule has 0 saturated carbocycles. The summed E-state index contributed by atoms with van der Waals surface area (Å²) in [5.74, 6) is 0.654. The molecule has 3 saturated heterocycles. The molecule has 2 N–H and O–H groups in total. The van der Waals surface area contributed by atoms with Crippen molar-refractivity contribution < 1.29 is 14.3 Å². The van der Waals surface area contributed by atoms with Crippen molar-refractivity contribution in [1.29, 1.82) is 0 Å². The molecule has 2 unspecified atom stereocenters. The lowest BCUT2D eigenvalue weighted by Gasteiger charge is -2.28. The molecular formula is C18H34Cl2N4O3. The van der Waals surface area contributed by atoms with E-state index in [1.165, 1.54) is 12.8 Å². The summed E-state index contributed by atoms with van der Waals surface area (Å²) >= 11 is 0. The van der Waals surface area contributed by atoms with Crippen LogP contribution in [0.25, 0.3) is 0 Å². The Labute approximate surface area is 174 Å². The molecule has 3 fully saturated rings. The highest BCUT2D eigenvalue weighted by molar-refractivity contribution is 5.89. The minimum absolute atomic E-state index is 0. The molecular weight excluding hydrogens is 391 g/mol. The van der Waals surface area contributed by atoms with Gasteiger partial charge < -0.3 is 20.3 Å². The van der Waals surface area contributed by atoms with E-state index in [1.54, 1.807) is 0 Å². The minimum Gasteiger partial charge on any atom is -0.379 e. The summed E-state index contributed by atoms with van der Waals surface area (Å²) < 4.78 is 5.34. The number of halogens is 2. The third-order valence-electron chi connectivity index (χ3n) is 5.63. The summed E-state index contributed by atoms with van der Waals surface area (Å²) in [4.78, 5) is 28.7. The smallest absolute Gasteiger partial charge is 0.225 e. The van der Waals surface area contributed by atoms with E-state index in [9.17, 15) is 9.59 Å². The highest BCUT2D eigenvalue weighted by atomic mass is 35.5. The summed E-state index contributed by atoms with van der Waals surface area (Å²) in [5.41, 5.74) is 0. The van der Waals surface area contributed by atoms with Crippen LogP contribution in [0.4, 0.5) is 0 Å². The zero-order chi connectivity index (χ0) is 17.5. The zero-order valence-corrected chi connectivity index (χ0v) is 17.6. The van der Waals surface area contributed by atoms with Gasteiger partial charge in [-0.1, -0.05) is 0 Å². The number of likely N-dealkylation sites (tertiary alicyclic amines) is 1. The Morgan fingerprint density at radius 1 is 1.22 bits per heavy atom. The normalized spacial score (nSPS) is 26.2. The van der Waals surface area contributed by atoms with E-state index in [-0.39, 0.29) is 42.5 Å². The second-order valence-corrected chi connectivity index (χ2v) is 7.49. The summed E-state index contributed by atoms with van der Waals surface area (Å²) in [6.07, 6.45) is 3.87. The lowest BCUT2D eigenvalue weighted by atomic mass is 9.96. The molecule has 2 atom stereocenters.